The van der Waals surface area contributed by atoms with Crippen molar-refractivity contribution in [3.8, 4) is 0 Å². The normalized spacial score (nSPS) is 9.31. The van der Waals surface area contributed by atoms with Gasteiger partial charge in [0.05, 0.1) is 12.0 Å². The maximum absolute atomic E-state index is 10.9. The van der Waals surface area contributed by atoms with Gasteiger partial charge in [-0.05, 0) is 0 Å². The van der Waals surface area contributed by atoms with Gasteiger partial charge in [0, 0.05) is 0 Å². The lowest BCUT2D eigenvalue weighted by Crippen LogP contribution is -2.08. The number of hydrogen-bond donors (Lipinski definition) is 0. The summed E-state index contributed by atoms with van der Waals surface area (Å²) in [6, 6.07) is 0. The van der Waals surface area contributed by atoms with E-state index in [9.17, 15) is 14.9 Å². The Kier molecular flexibility index (Phi) is 2.48. The molecule has 0 saturated carbocycles. The molecule has 0 atom stereocenters. The van der Waals surface area contributed by atoms with Crippen molar-refractivity contribution in [1.29, 1.82) is 0 Å². The Morgan fingerprint density at radius 1 is 1.77 bits per heavy atom. The van der Waals surface area contributed by atoms with Gasteiger partial charge in [-0.25, -0.2) is 14.8 Å². The van der Waals surface area contributed by atoms with Gasteiger partial charge in [0.15, 0.2) is 6.33 Å². The first-order valence-electron chi connectivity index (χ1n) is 3.12. The molecule has 13 heavy (non-hydrogen) atoms. The maximum atomic E-state index is 10.9. The largest absolute Gasteiger partial charge is 0.464 e. The van der Waals surface area contributed by atoms with Crippen molar-refractivity contribution in [2.24, 2.45) is 0 Å². The summed E-state index contributed by atoms with van der Waals surface area (Å²) in [5, 5.41) is 10.3. The van der Waals surface area contributed by atoms with Crippen LogP contribution in [0.5, 0.6) is 0 Å². The number of aromatic nitrogens is 2. The van der Waals surface area contributed by atoms with Crippen molar-refractivity contribution in [2.75, 3.05) is 7.11 Å². The van der Waals surface area contributed by atoms with Crippen LogP contribution in [0.3, 0.4) is 0 Å². The third-order valence-electron chi connectivity index (χ3n) is 1.22. The zero-order chi connectivity index (χ0) is 9.84. The van der Waals surface area contributed by atoms with Crippen LogP contribution in [0, 0.1) is 16.4 Å². The van der Waals surface area contributed by atoms with Gasteiger partial charge in [0.25, 0.3) is 0 Å². The average molecular weight is 182 g/mol. The molecule has 0 spiro atoms. The minimum absolute atomic E-state index is 0.400. The van der Waals surface area contributed by atoms with Crippen molar-refractivity contribution < 1.29 is 14.5 Å². The number of nitro groups is 1. The molecule has 0 aliphatic heterocycles. The molecule has 1 radical (unpaired) electrons. The molecule has 1 aromatic rings. The highest BCUT2D eigenvalue weighted by Crippen LogP contribution is 2.13. The highest BCUT2D eigenvalue weighted by atomic mass is 16.6. The first-order chi connectivity index (χ1) is 6.16. The van der Waals surface area contributed by atoms with Gasteiger partial charge in [-0.3, -0.25) is 10.1 Å². The van der Waals surface area contributed by atoms with Gasteiger partial charge >= 0.3 is 11.7 Å². The molecule has 0 fully saturated rings. The molecule has 0 bridgehead atoms. The fraction of sp³-hybridized carbons (Fsp3) is 0.167. The molecule has 1 rings (SSSR count). The second kappa shape index (κ2) is 3.57. The fourth-order valence-corrected chi connectivity index (χ4v) is 0.668. The second-order valence-electron chi connectivity index (χ2n) is 1.95. The molecule has 0 aromatic carbocycles. The van der Waals surface area contributed by atoms with Crippen LogP contribution in [0.2, 0.25) is 0 Å². The summed E-state index contributed by atoms with van der Waals surface area (Å²) < 4.78 is 4.27. The summed E-state index contributed by atoms with van der Waals surface area (Å²) in [6.07, 6.45) is 2.95. The number of esters is 1. The Bertz CT molecular complexity index is 351. The lowest BCUT2D eigenvalue weighted by atomic mass is 10.3. The second-order valence-corrected chi connectivity index (χ2v) is 1.95. The highest BCUT2D eigenvalue weighted by molar-refractivity contribution is 5.91. The number of methoxy groups -OCH3 is 1. The number of rotatable bonds is 2. The van der Waals surface area contributed by atoms with E-state index in [1.165, 1.54) is 0 Å². The van der Waals surface area contributed by atoms with E-state index in [0.717, 1.165) is 13.3 Å². The summed E-state index contributed by atoms with van der Waals surface area (Å²) in [5.74, 6) is -0.884. The van der Waals surface area contributed by atoms with Crippen molar-refractivity contribution in [3.05, 3.63) is 28.3 Å². The van der Waals surface area contributed by atoms with Crippen LogP contribution in [0.1, 0.15) is 10.5 Å². The maximum Gasteiger partial charge on any atom is 0.364 e. The molecular formula is C6H4N3O4. The predicted molar refractivity (Wildman–Crippen MR) is 38.9 cm³/mol. The van der Waals surface area contributed by atoms with Crippen LogP contribution in [-0.2, 0) is 4.74 Å². The molecule has 0 aliphatic rings. The first-order valence-corrected chi connectivity index (χ1v) is 3.12. The fourth-order valence-electron chi connectivity index (χ4n) is 0.668. The molecule has 67 valence electrons. The molecular weight excluding hydrogens is 178 g/mol. The number of carbonyl (C=O) groups is 1. The lowest BCUT2D eigenvalue weighted by molar-refractivity contribution is -0.385. The summed E-state index contributed by atoms with van der Waals surface area (Å²) in [4.78, 5) is 27.1. The van der Waals surface area contributed by atoms with E-state index in [4.69, 9.17) is 0 Å². The molecule has 0 saturated heterocycles. The molecule has 0 amide bonds. The van der Waals surface area contributed by atoms with Gasteiger partial charge in [-0.2, -0.15) is 0 Å². The molecule has 0 N–H and O–H groups in total. The van der Waals surface area contributed by atoms with Crippen molar-refractivity contribution >= 4 is 11.7 Å². The van der Waals surface area contributed by atoms with Crippen molar-refractivity contribution in [3.63, 3.8) is 0 Å². The molecule has 1 aromatic heterocycles. The van der Waals surface area contributed by atoms with Gasteiger partial charge in [0.2, 0.25) is 5.69 Å². The van der Waals surface area contributed by atoms with E-state index in [0.29, 0.717) is 0 Å². The quantitative estimate of drug-likeness (QED) is 0.362. The molecule has 7 heteroatoms. The van der Waals surface area contributed by atoms with Crippen LogP contribution in [-0.4, -0.2) is 28.0 Å². The number of hydrogen-bond acceptors (Lipinski definition) is 6. The van der Waals surface area contributed by atoms with E-state index < -0.39 is 22.3 Å². The minimum atomic E-state index is -0.884. The predicted octanol–water partition coefficient (Wildman–Crippen LogP) is -0.0284. The SMILES string of the molecule is COC(=O)c1n[c]ncc1[N+](=O)[O-]. The first kappa shape index (κ1) is 9.04. The summed E-state index contributed by atoms with van der Waals surface area (Å²) in [6.45, 7) is 0. The zero-order valence-corrected chi connectivity index (χ0v) is 6.55. The smallest absolute Gasteiger partial charge is 0.364 e. The monoisotopic (exact) mass is 182 g/mol. The van der Waals surface area contributed by atoms with Crippen LogP contribution in [0.25, 0.3) is 0 Å². The summed E-state index contributed by atoms with van der Waals surface area (Å²) in [7, 11) is 1.11. The average Bonchev–Trinajstić information content (AvgIpc) is 2.16. The van der Waals surface area contributed by atoms with E-state index in [-0.39, 0.29) is 0 Å². The Hall–Kier alpha value is -2.05. The standard InChI is InChI=1S/C6H4N3O4/c1-13-6(10)5-4(9(11)12)2-7-3-8-5/h2H,1H3. The van der Waals surface area contributed by atoms with E-state index in [1.54, 1.807) is 0 Å². The third-order valence-corrected chi connectivity index (χ3v) is 1.22. The Balaban J connectivity index is 3.19. The van der Waals surface area contributed by atoms with E-state index >= 15 is 0 Å². The molecule has 0 aliphatic carbocycles. The van der Waals surface area contributed by atoms with Crippen LogP contribution >= 0.6 is 0 Å². The summed E-state index contributed by atoms with van der Waals surface area (Å²) >= 11 is 0. The van der Waals surface area contributed by atoms with Crippen LogP contribution < -0.4 is 0 Å². The van der Waals surface area contributed by atoms with Gasteiger partial charge in [-0.1, -0.05) is 0 Å². The van der Waals surface area contributed by atoms with Gasteiger partial charge in [0.1, 0.15) is 6.20 Å². The van der Waals surface area contributed by atoms with Crippen molar-refractivity contribution in [1.82, 2.24) is 9.97 Å². The molecule has 7 nitrogen and oxygen atoms in total. The lowest BCUT2D eigenvalue weighted by Gasteiger charge is -1.96. The Morgan fingerprint density at radius 2 is 2.46 bits per heavy atom. The zero-order valence-electron chi connectivity index (χ0n) is 6.55. The topological polar surface area (TPSA) is 95.2 Å². The third kappa shape index (κ3) is 1.75. The summed E-state index contributed by atoms with van der Waals surface area (Å²) in [5.41, 5.74) is -0.895. The number of ether oxygens (including phenoxy) is 1. The van der Waals surface area contributed by atoms with Crippen LogP contribution in [0.4, 0.5) is 5.69 Å². The van der Waals surface area contributed by atoms with Crippen molar-refractivity contribution in [2.45, 2.75) is 0 Å². The molecule has 0 unspecified atom stereocenters. The molecule has 1 heterocycles. The van der Waals surface area contributed by atoms with Gasteiger partial charge < -0.3 is 4.74 Å². The number of carbonyl (C=O) groups excluding carboxylic acids is 1. The Labute approximate surface area is 72.5 Å². The highest BCUT2D eigenvalue weighted by Gasteiger charge is 2.22. The van der Waals surface area contributed by atoms with Crippen LogP contribution in [0.15, 0.2) is 6.20 Å². The number of nitrogens with zero attached hydrogens (tertiary/aromatic N) is 3. The van der Waals surface area contributed by atoms with E-state index in [2.05, 4.69) is 21.0 Å². The Morgan fingerprint density at radius 3 is 3.00 bits per heavy atom. The van der Waals surface area contributed by atoms with Gasteiger partial charge in [-0.15, -0.1) is 0 Å². The minimum Gasteiger partial charge on any atom is -0.464 e. The van der Waals surface area contributed by atoms with E-state index in [1.807, 2.05) is 0 Å².